The highest BCUT2D eigenvalue weighted by Crippen LogP contribution is 2.18. The molecule has 0 spiro atoms. The van der Waals surface area contributed by atoms with Gasteiger partial charge in [-0.25, -0.2) is 0 Å². The maximum Gasteiger partial charge on any atom is 0.270 e. The van der Waals surface area contributed by atoms with Gasteiger partial charge in [-0.15, -0.1) is 0 Å². The van der Waals surface area contributed by atoms with E-state index in [0.29, 0.717) is 12.2 Å². The number of rotatable bonds is 4. The lowest BCUT2D eigenvalue weighted by Gasteiger charge is -2.06. The Hall–Kier alpha value is -3.01. The second kappa shape index (κ2) is 6.63. The van der Waals surface area contributed by atoms with Crippen LogP contribution in [-0.2, 0) is 6.54 Å². The molecule has 1 N–H and O–H groups in total. The molecule has 3 aromatic rings. The zero-order valence-electron chi connectivity index (χ0n) is 11.9. The molecule has 0 bridgehead atoms. The van der Waals surface area contributed by atoms with Crippen LogP contribution >= 0.6 is 0 Å². The smallest absolute Gasteiger partial charge is 0.270 e. The topological polar surface area (TPSA) is 54.9 Å². The third kappa shape index (κ3) is 3.35. The maximum absolute atomic E-state index is 12.2. The average molecular weight is 289 g/mol. The van der Waals surface area contributed by atoms with E-state index in [1.54, 1.807) is 24.7 Å². The first-order chi connectivity index (χ1) is 10.8. The molecule has 0 radical (unpaired) electrons. The average Bonchev–Trinajstić information content (AvgIpc) is 2.61. The molecule has 2 aromatic heterocycles. The van der Waals surface area contributed by atoms with Gasteiger partial charge in [0, 0.05) is 25.1 Å². The van der Waals surface area contributed by atoms with Gasteiger partial charge in [-0.1, -0.05) is 36.4 Å². The second-order valence-electron chi connectivity index (χ2n) is 4.84. The number of benzene rings is 1. The van der Waals surface area contributed by atoms with Crippen LogP contribution in [0.2, 0.25) is 0 Å². The van der Waals surface area contributed by atoms with E-state index in [1.807, 2.05) is 48.5 Å². The van der Waals surface area contributed by atoms with Crippen LogP contribution < -0.4 is 5.32 Å². The van der Waals surface area contributed by atoms with Crippen molar-refractivity contribution < 1.29 is 4.79 Å². The Morgan fingerprint density at radius 1 is 0.955 bits per heavy atom. The predicted octanol–water partition coefficient (Wildman–Crippen LogP) is 3.07. The monoisotopic (exact) mass is 289 g/mol. The summed E-state index contributed by atoms with van der Waals surface area (Å²) in [6.07, 6.45) is 5.09. The first-order valence-electron chi connectivity index (χ1n) is 7.01. The predicted molar refractivity (Wildman–Crippen MR) is 85.1 cm³/mol. The van der Waals surface area contributed by atoms with Crippen molar-refractivity contribution in [2.24, 2.45) is 0 Å². The summed E-state index contributed by atoms with van der Waals surface area (Å²) in [7, 11) is 0. The van der Waals surface area contributed by atoms with Crippen LogP contribution in [0.15, 0.2) is 73.2 Å². The van der Waals surface area contributed by atoms with Crippen molar-refractivity contribution in [2.75, 3.05) is 0 Å². The summed E-state index contributed by atoms with van der Waals surface area (Å²) in [5.41, 5.74) is 3.40. The Kier molecular flexibility index (Phi) is 4.20. The molecular weight excluding hydrogens is 274 g/mol. The maximum atomic E-state index is 12.2. The van der Waals surface area contributed by atoms with E-state index in [-0.39, 0.29) is 5.91 Å². The normalized spacial score (nSPS) is 10.2. The number of hydrogen-bond acceptors (Lipinski definition) is 3. The van der Waals surface area contributed by atoms with E-state index in [4.69, 9.17) is 0 Å². The highest BCUT2D eigenvalue weighted by atomic mass is 16.1. The number of carbonyl (C=O) groups is 1. The van der Waals surface area contributed by atoms with E-state index in [1.165, 1.54) is 0 Å². The van der Waals surface area contributed by atoms with Crippen molar-refractivity contribution in [1.29, 1.82) is 0 Å². The molecule has 0 fully saturated rings. The van der Waals surface area contributed by atoms with Crippen LogP contribution in [0.25, 0.3) is 11.1 Å². The Bertz CT molecular complexity index is 758. The lowest BCUT2D eigenvalue weighted by Crippen LogP contribution is -2.23. The van der Waals surface area contributed by atoms with Crippen LogP contribution in [0.3, 0.4) is 0 Å². The summed E-state index contributed by atoms with van der Waals surface area (Å²) < 4.78 is 0. The van der Waals surface area contributed by atoms with Gasteiger partial charge in [0.1, 0.15) is 5.69 Å². The van der Waals surface area contributed by atoms with Gasteiger partial charge in [-0.05, 0) is 34.9 Å². The third-order valence-corrected chi connectivity index (χ3v) is 3.28. The molecule has 4 heteroatoms. The Morgan fingerprint density at radius 3 is 2.59 bits per heavy atom. The highest BCUT2D eigenvalue weighted by Gasteiger charge is 2.08. The quantitative estimate of drug-likeness (QED) is 0.803. The molecule has 108 valence electrons. The number of hydrogen-bond donors (Lipinski definition) is 1. The Labute approximate surface area is 128 Å². The number of nitrogens with zero attached hydrogens (tertiary/aromatic N) is 2. The van der Waals surface area contributed by atoms with Gasteiger partial charge >= 0.3 is 0 Å². The Balaban J connectivity index is 1.73. The van der Waals surface area contributed by atoms with Crippen molar-refractivity contribution in [1.82, 2.24) is 15.3 Å². The van der Waals surface area contributed by atoms with E-state index in [2.05, 4.69) is 15.3 Å². The molecule has 0 saturated heterocycles. The number of carbonyl (C=O) groups excluding carboxylic acids is 1. The van der Waals surface area contributed by atoms with E-state index in [9.17, 15) is 4.79 Å². The van der Waals surface area contributed by atoms with Crippen LogP contribution in [0.1, 0.15) is 16.1 Å². The molecule has 22 heavy (non-hydrogen) atoms. The standard InChI is InChI=1S/C18H15N3O/c22-18(21-13-14-5-4-9-19-12-14)17-11-16(8-10-20-17)15-6-2-1-3-7-15/h1-12H,13H2,(H,21,22). The van der Waals surface area contributed by atoms with E-state index < -0.39 is 0 Å². The van der Waals surface area contributed by atoms with Crippen LogP contribution in [0, 0.1) is 0 Å². The fourth-order valence-electron chi connectivity index (χ4n) is 2.14. The zero-order valence-corrected chi connectivity index (χ0v) is 11.9. The number of nitrogens with one attached hydrogen (secondary N) is 1. The molecule has 0 saturated carbocycles. The molecule has 3 rings (SSSR count). The van der Waals surface area contributed by atoms with Crippen LogP contribution in [0.5, 0.6) is 0 Å². The molecule has 0 unspecified atom stereocenters. The minimum atomic E-state index is -0.193. The summed E-state index contributed by atoms with van der Waals surface area (Å²) >= 11 is 0. The van der Waals surface area contributed by atoms with Crippen LogP contribution in [0.4, 0.5) is 0 Å². The summed E-state index contributed by atoms with van der Waals surface area (Å²) in [6.45, 7) is 0.434. The first kappa shape index (κ1) is 13.9. The first-order valence-corrected chi connectivity index (χ1v) is 7.01. The molecule has 0 aliphatic carbocycles. The molecule has 2 heterocycles. The van der Waals surface area contributed by atoms with Crippen molar-refractivity contribution in [2.45, 2.75) is 6.54 Å². The van der Waals surface area contributed by atoms with Gasteiger partial charge < -0.3 is 5.32 Å². The van der Waals surface area contributed by atoms with Crippen LogP contribution in [-0.4, -0.2) is 15.9 Å². The fraction of sp³-hybridized carbons (Fsp3) is 0.0556. The minimum absolute atomic E-state index is 0.193. The molecule has 4 nitrogen and oxygen atoms in total. The molecule has 1 amide bonds. The lowest BCUT2D eigenvalue weighted by molar-refractivity contribution is 0.0946. The largest absolute Gasteiger partial charge is 0.347 e. The van der Waals surface area contributed by atoms with Gasteiger partial charge in [-0.3, -0.25) is 14.8 Å². The van der Waals surface area contributed by atoms with Crippen molar-refractivity contribution in [3.63, 3.8) is 0 Å². The number of amides is 1. The third-order valence-electron chi connectivity index (χ3n) is 3.28. The highest BCUT2D eigenvalue weighted by molar-refractivity contribution is 5.93. The Morgan fingerprint density at radius 2 is 1.82 bits per heavy atom. The lowest BCUT2D eigenvalue weighted by atomic mass is 10.1. The van der Waals surface area contributed by atoms with Crippen molar-refractivity contribution >= 4 is 5.91 Å². The van der Waals surface area contributed by atoms with Crippen molar-refractivity contribution in [3.8, 4) is 11.1 Å². The van der Waals surface area contributed by atoms with Gasteiger partial charge in [0.2, 0.25) is 0 Å². The zero-order chi connectivity index (χ0) is 15.2. The van der Waals surface area contributed by atoms with Gasteiger partial charge in [-0.2, -0.15) is 0 Å². The van der Waals surface area contributed by atoms with Gasteiger partial charge in [0.05, 0.1) is 0 Å². The van der Waals surface area contributed by atoms with Gasteiger partial charge in [0.15, 0.2) is 0 Å². The van der Waals surface area contributed by atoms with Crippen molar-refractivity contribution in [3.05, 3.63) is 84.4 Å². The molecule has 0 atom stereocenters. The molecule has 1 aromatic carbocycles. The van der Waals surface area contributed by atoms with E-state index >= 15 is 0 Å². The second-order valence-corrected chi connectivity index (χ2v) is 4.84. The summed E-state index contributed by atoms with van der Waals surface area (Å²) in [5.74, 6) is -0.193. The summed E-state index contributed by atoms with van der Waals surface area (Å²) in [5, 5.41) is 2.85. The number of aromatic nitrogens is 2. The summed E-state index contributed by atoms with van der Waals surface area (Å²) in [4.78, 5) is 20.4. The SMILES string of the molecule is O=C(NCc1cccnc1)c1cc(-c2ccccc2)ccn1. The fourth-order valence-corrected chi connectivity index (χ4v) is 2.14. The molecule has 0 aliphatic rings. The van der Waals surface area contributed by atoms with Gasteiger partial charge in [0.25, 0.3) is 5.91 Å². The molecule has 0 aliphatic heterocycles. The molecular formula is C18H15N3O. The number of pyridine rings is 2. The van der Waals surface area contributed by atoms with E-state index in [0.717, 1.165) is 16.7 Å². The summed E-state index contributed by atoms with van der Waals surface area (Å²) in [6, 6.07) is 17.4. The minimum Gasteiger partial charge on any atom is -0.347 e.